The fourth-order valence-corrected chi connectivity index (χ4v) is 6.10. The number of benzene rings is 3. The zero-order valence-corrected chi connectivity index (χ0v) is 24.6. The van der Waals surface area contributed by atoms with Gasteiger partial charge >= 0.3 is 11.8 Å². The van der Waals surface area contributed by atoms with Crippen LogP contribution >= 0.6 is 0 Å². The Morgan fingerprint density at radius 2 is 1.77 bits per heavy atom. The van der Waals surface area contributed by atoms with E-state index in [0.29, 0.717) is 53.5 Å². The maximum absolute atomic E-state index is 15.6. The summed E-state index contributed by atoms with van der Waals surface area (Å²) in [5, 5.41) is 3.98. The number of piperidine rings is 1. The van der Waals surface area contributed by atoms with Crippen molar-refractivity contribution >= 4 is 28.4 Å². The molecule has 1 aliphatic carbocycles. The van der Waals surface area contributed by atoms with E-state index in [9.17, 15) is 9.59 Å². The first kappa shape index (κ1) is 29.4. The lowest BCUT2D eigenvalue weighted by Gasteiger charge is -2.34. The van der Waals surface area contributed by atoms with Gasteiger partial charge in [-0.3, -0.25) is 14.6 Å². The number of carbonyl (C=O) groups is 2. The van der Waals surface area contributed by atoms with Crippen molar-refractivity contribution in [3.63, 3.8) is 0 Å². The monoisotopic (exact) mass is 598 g/mol. The smallest absolute Gasteiger partial charge is 0.316 e. The summed E-state index contributed by atoms with van der Waals surface area (Å²) in [4.78, 5) is 30.8. The quantitative estimate of drug-likeness (QED) is 0.277. The summed E-state index contributed by atoms with van der Waals surface area (Å²) in [6, 6.07) is 17.1. The third-order valence-corrected chi connectivity index (χ3v) is 8.45. The van der Waals surface area contributed by atoms with Crippen molar-refractivity contribution in [1.82, 2.24) is 10.3 Å². The van der Waals surface area contributed by atoms with Gasteiger partial charge in [0, 0.05) is 35.4 Å². The number of hydrogen-bond acceptors (Lipinski definition) is 7. The van der Waals surface area contributed by atoms with Crippen molar-refractivity contribution in [3.05, 3.63) is 83.8 Å². The second-order valence-electron chi connectivity index (χ2n) is 11.3. The van der Waals surface area contributed by atoms with Crippen LogP contribution in [0.25, 0.3) is 10.9 Å². The van der Waals surface area contributed by atoms with Crippen molar-refractivity contribution in [3.8, 4) is 23.0 Å². The number of nitrogens with zero attached hydrogens (tertiary/aromatic N) is 2. The molecule has 2 heterocycles. The highest BCUT2D eigenvalue weighted by Crippen LogP contribution is 2.39. The molecule has 1 atom stereocenters. The molecule has 1 aromatic heterocycles. The normalized spacial score (nSPS) is 16.6. The van der Waals surface area contributed by atoms with E-state index < -0.39 is 17.6 Å². The number of nitrogens with two attached hydrogens (primary N) is 1. The predicted molar refractivity (Wildman–Crippen MR) is 165 cm³/mol. The van der Waals surface area contributed by atoms with Crippen molar-refractivity contribution in [2.24, 2.45) is 11.7 Å². The minimum atomic E-state index is -1.10. The lowest BCUT2D eigenvalue weighted by atomic mass is 9.87. The molecule has 1 unspecified atom stereocenters. The Labute approximate surface area is 255 Å². The van der Waals surface area contributed by atoms with E-state index in [1.54, 1.807) is 37.6 Å². The van der Waals surface area contributed by atoms with Gasteiger partial charge in [-0.05, 0) is 86.5 Å². The molecule has 1 saturated heterocycles. The van der Waals surface area contributed by atoms with Gasteiger partial charge in [-0.1, -0.05) is 24.3 Å². The highest BCUT2D eigenvalue weighted by atomic mass is 19.1. The molecule has 44 heavy (non-hydrogen) atoms. The Morgan fingerprint density at radius 1 is 0.977 bits per heavy atom. The van der Waals surface area contributed by atoms with Crippen LogP contribution in [-0.4, -0.2) is 49.6 Å². The SMILES string of the molecule is COc1cc2c(Oc3ccc(N(C(=O)C(N)=O)C4CCc5ccccc5C4)cc3F)ccnc2cc1OCC1CCNCC1. The summed E-state index contributed by atoms with van der Waals surface area (Å²) in [6.07, 6.45) is 5.57. The van der Waals surface area contributed by atoms with Gasteiger partial charge < -0.3 is 30.2 Å². The lowest BCUT2D eigenvalue weighted by molar-refractivity contribution is -0.136. The van der Waals surface area contributed by atoms with Gasteiger partial charge in [0.15, 0.2) is 23.1 Å². The van der Waals surface area contributed by atoms with Gasteiger partial charge in [-0.2, -0.15) is 0 Å². The zero-order valence-electron chi connectivity index (χ0n) is 24.6. The van der Waals surface area contributed by atoms with Crippen LogP contribution < -0.4 is 30.2 Å². The molecule has 9 nitrogen and oxygen atoms in total. The molecule has 0 saturated carbocycles. The molecule has 10 heteroatoms. The van der Waals surface area contributed by atoms with Gasteiger partial charge in [0.1, 0.15) is 5.75 Å². The fourth-order valence-electron chi connectivity index (χ4n) is 6.10. The Morgan fingerprint density at radius 3 is 2.52 bits per heavy atom. The van der Waals surface area contributed by atoms with E-state index in [4.69, 9.17) is 19.9 Å². The zero-order chi connectivity index (χ0) is 30.6. The number of amides is 2. The summed E-state index contributed by atoms with van der Waals surface area (Å²) in [6.45, 7) is 2.55. The average Bonchev–Trinajstić information content (AvgIpc) is 3.05. The number of ether oxygens (including phenoxy) is 3. The van der Waals surface area contributed by atoms with Crippen LogP contribution in [0.3, 0.4) is 0 Å². The van der Waals surface area contributed by atoms with Crippen molar-refractivity contribution in [2.45, 2.75) is 38.1 Å². The molecule has 228 valence electrons. The van der Waals surface area contributed by atoms with Crippen LogP contribution in [0.15, 0.2) is 66.9 Å². The van der Waals surface area contributed by atoms with E-state index in [-0.39, 0.29) is 17.5 Å². The number of aryl methyl sites for hydroxylation is 1. The number of methoxy groups -OCH3 is 1. The molecule has 3 aromatic carbocycles. The first-order valence-electron chi connectivity index (χ1n) is 14.9. The van der Waals surface area contributed by atoms with E-state index in [1.165, 1.54) is 22.6 Å². The molecule has 0 radical (unpaired) electrons. The minimum absolute atomic E-state index is 0.0492. The van der Waals surface area contributed by atoms with E-state index in [2.05, 4.69) is 16.4 Å². The molecule has 0 spiro atoms. The first-order valence-corrected chi connectivity index (χ1v) is 14.9. The van der Waals surface area contributed by atoms with E-state index >= 15 is 4.39 Å². The van der Waals surface area contributed by atoms with Gasteiger partial charge in [0.25, 0.3) is 0 Å². The molecular formula is C34H35FN4O5. The Balaban J connectivity index is 1.25. The third-order valence-electron chi connectivity index (χ3n) is 8.45. The maximum Gasteiger partial charge on any atom is 0.316 e. The second-order valence-corrected chi connectivity index (χ2v) is 11.3. The van der Waals surface area contributed by atoms with Gasteiger partial charge in [-0.15, -0.1) is 0 Å². The highest BCUT2D eigenvalue weighted by Gasteiger charge is 2.32. The number of hydrogen-bond donors (Lipinski definition) is 2. The molecule has 2 aliphatic rings. The molecule has 2 amide bonds. The molecule has 6 rings (SSSR count). The largest absolute Gasteiger partial charge is 0.493 e. The minimum Gasteiger partial charge on any atom is -0.493 e. The van der Waals surface area contributed by atoms with E-state index in [0.717, 1.165) is 37.9 Å². The van der Waals surface area contributed by atoms with Crippen LogP contribution in [0.4, 0.5) is 10.1 Å². The number of nitrogens with one attached hydrogen (secondary N) is 1. The van der Waals surface area contributed by atoms with Crippen molar-refractivity contribution in [1.29, 1.82) is 0 Å². The Bertz CT molecular complexity index is 1690. The van der Waals surface area contributed by atoms with Gasteiger partial charge in [0.2, 0.25) is 0 Å². The molecule has 1 fully saturated rings. The molecule has 3 N–H and O–H groups in total. The molecular weight excluding hydrogens is 563 g/mol. The summed E-state index contributed by atoms with van der Waals surface area (Å²) >= 11 is 0. The van der Waals surface area contributed by atoms with Crippen molar-refractivity contribution < 1.29 is 28.2 Å². The predicted octanol–water partition coefficient (Wildman–Crippen LogP) is 4.93. The van der Waals surface area contributed by atoms with Crippen LogP contribution in [-0.2, 0) is 22.4 Å². The number of primary amides is 1. The number of carbonyl (C=O) groups excluding carboxylic acids is 2. The fraction of sp³-hybridized carbons (Fsp3) is 0.324. The number of aromatic nitrogens is 1. The van der Waals surface area contributed by atoms with Gasteiger partial charge in [0.05, 0.1) is 19.2 Å². The highest BCUT2D eigenvalue weighted by molar-refractivity contribution is 6.40. The summed E-state index contributed by atoms with van der Waals surface area (Å²) < 4.78 is 33.4. The number of halogens is 1. The lowest BCUT2D eigenvalue weighted by Crippen LogP contribution is -2.48. The first-order chi connectivity index (χ1) is 21.4. The van der Waals surface area contributed by atoms with Crippen LogP contribution in [0, 0.1) is 11.7 Å². The number of fused-ring (bicyclic) bond motifs is 2. The van der Waals surface area contributed by atoms with Crippen LogP contribution in [0.1, 0.15) is 30.4 Å². The average molecular weight is 599 g/mol. The molecule has 0 bridgehead atoms. The Kier molecular flexibility index (Phi) is 8.60. The van der Waals surface area contributed by atoms with E-state index in [1.807, 2.05) is 18.2 Å². The number of pyridine rings is 1. The van der Waals surface area contributed by atoms with Crippen LogP contribution in [0.2, 0.25) is 0 Å². The summed E-state index contributed by atoms with van der Waals surface area (Å²) in [5.41, 5.74) is 8.55. The second kappa shape index (κ2) is 12.9. The maximum atomic E-state index is 15.6. The topological polar surface area (TPSA) is 116 Å². The standard InChI is InChI=1S/C34H35FN4O5/c1-42-31-18-26-28(19-32(31)43-20-21-10-13-37-14-11-21)38-15-12-29(26)44-30-9-8-25(17-27(30)35)39(34(41)33(36)40)24-7-6-22-4-2-3-5-23(22)16-24/h2-5,8-9,12,15,17-19,21,24,37H,6-7,10-11,13-14,16,20H2,1H3,(H2,36,40). The summed E-state index contributed by atoms with van der Waals surface area (Å²) in [5.74, 6) is -0.773. The molecule has 1 aliphatic heterocycles. The molecule has 4 aromatic rings. The summed E-state index contributed by atoms with van der Waals surface area (Å²) in [7, 11) is 1.57. The Hall–Kier alpha value is -4.70. The van der Waals surface area contributed by atoms with Crippen molar-refractivity contribution in [2.75, 3.05) is 31.7 Å². The van der Waals surface area contributed by atoms with Gasteiger partial charge in [-0.25, -0.2) is 4.39 Å². The third kappa shape index (κ3) is 6.16. The number of anilines is 1. The van der Waals surface area contributed by atoms with Crippen LogP contribution in [0.5, 0.6) is 23.0 Å². The number of rotatable bonds is 8.